The van der Waals surface area contributed by atoms with E-state index >= 15 is 0 Å². The van der Waals surface area contributed by atoms with E-state index in [4.69, 9.17) is 0 Å². The van der Waals surface area contributed by atoms with E-state index in [1.807, 2.05) is 0 Å². The van der Waals surface area contributed by atoms with E-state index in [1.165, 1.54) is 58.3 Å². The van der Waals surface area contributed by atoms with Crippen molar-refractivity contribution in [1.82, 2.24) is 15.1 Å². The minimum atomic E-state index is 0.698. The Hall–Kier alpha value is -0.120. The van der Waals surface area contributed by atoms with Crippen molar-refractivity contribution >= 4 is 0 Å². The van der Waals surface area contributed by atoms with Gasteiger partial charge in [0.1, 0.15) is 0 Å². The zero-order valence-electron chi connectivity index (χ0n) is 14.1. The fourth-order valence-electron chi connectivity index (χ4n) is 4.17. The van der Waals surface area contributed by atoms with Crippen molar-refractivity contribution < 1.29 is 0 Å². The van der Waals surface area contributed by atoms with E-state index in [1.54, 1.807) is 0 Å². The average Bonchev–Trinajstić information content (AvgIpc) is 2.58. The zero-order valence-corrected chi connectivity index (χ0v) is 14.1. The van der Waals surface area contributed by atoms with Gasteiger partial charge in [-0.25, -0.2) is 0 Å². The second-order valence-corrected chi connectivity index (χ2v) is 7.25. The summed E-state index contributed by atoms with van der Waals surface area (Å²) in [5.41, 5.74) is 0. The van der Waals surface area contributed by atoms with Crippen molar-refractivity contribution in [2.24, 2.45) is 5.92 Å². The van der Waals surface area contributed by atoms with Crippen molar-refractivity contribution in [2.75, 3.05) is 33.2 Å². The van der Waals surface area contributed by atoms with Gasteiger partial charge < -0.3 is 10.2 Å². The average molecular weight is 281 g/mol. The van der Waals surface area contributed by atoms with Crippen LogP contribution in [0.25, 0.3) is 0 Å². The van der Waals surface area contributed by atoms with E-state index in [2.05, 4.69) is 42.9 Å². The molecule has 20 heavy (non-hydrogen) atoms. The summed E-state index contributed by atoms with van der Waals surface area (Å²) < 4.78 is 0. The summed E-state index contributed by atoms with van der Waals surface area (Å²) in [5, 5.41) is 3.84. The summed E-state index contributed by atoms with van der Waals surface area (Å²) in [5.74, 6) is 0.896. The summed E-state index contributed by atoms with van der Waals surface area (Å²) in [6.45, 7) is 12.1. The first-order valence-electron chi connectivity index (χ1n) is 8.79. The lowest BCUT2D eigenvalue weighted by Gasteiger charge is -2.44. The second-order valence-electron chi connectivity index (χ2n) is 7.25. The van der Waals surface area contributed by atoms with Gasteiger partial charge in [-0.15, -0.1) is 0 Å². The number of hydrogen-bond donors (Lipinski definition) is 1. The summed E-state index contributed by atoms with van der Waals surface area (Å²) in [7, 11) is 2.27. The molecule has 0 aromatic rings. The third-order valence-electron chi connectivity index (χ3n) is 5.26. The van der Waals surface area contributed by atoms with Crippen LogP contribution in [0, 0.1) is 5.92 Å². The highest BCUT2D eigenvalue weighted by atomic mass is 15.3. The summed E-state index contributed by atoms with van der Waals surface area (Å²) in [4.78, 5) is 5.33. The van der Waals surface area contributed by atoms with Crippen LogP contribution in [-0.2, 0) is 0 Å². The highest BCUT2D eigenvalue weighted by molar-refractivity contribution is 4.93. The van der Waals surface area contributed by atoms with Gasteiger partial charge in [0.2, 0.25) is 0 Å². The smallest absolute Gasteiger partial charge is 0.0255 e. The molecule has 1 saturated carbocycles. The number of nitrogens with zero attached hydrogens (tertiary/aromatic N) is 2. The van der Waals surface area contributed by atoms with Gasteiger partial charge in [0.15, 0.2) is 0 Å². The maximum atomic E-state index is 3.84. The number of hydrogen-bond acceptors (Lipinski definition) is 3. The van der Waals surface area contributed by atoms with Crippen molar-refractivity contribution in [3.63, 3.8) is 0 Å². The predicted molar refractivity (Wildman–Crippen MR) is 87.2 cm³/mol. The molecule has 3 heteroatoms. The van der Waals surface area contributed by atoms with Crippen molar-refractivity contribution in [2.45, 2.75) is 71.0 Å². The van der Waals surface area contributed by atoms with Crippen molar-refractivity contribution in [1.29, 1.82) is 0 Å². The van der Waals surface area contributed by atoms with Crippen molar-refractivity contribution in [3.05, 3.63) is 0 Å². The van der Waals surface area contributed by atoms with Gasteiger partial charge in [0, 0.05) is 31.2 Å². The molecule has 118 valence electrons. The van der Waals surface area contributed by atoms with E-state index in [0.29, 0.717) is 6.04 Å². The van der Waals surface area contributed by atoms with Crippen LogP contribution >= 0.6 is 0 Å². The molecular weight excluding hydrogens is 246 g/mol. The third-order valence-corrected chi connectivity index (χ3v) is 5.26. The Labute approximate surface area is 126 Å². The molecule has 0 aromatic carbocycles. The maximum absolute atomic E-state index is 3.84. The Kier molecular flexibility index (Phi) is 6.31. The largest absolute Gasteiger partial charge is 0.312 e. The van der Waals surface area contributed by atoms with Crippen molar-refractivity contribution in [3.8, 4) is 0 Å². The van der Waals surface area contributed by atoms with Crippen LogP contribution in [0.5, 0.6) is 0 Å². The van der Waals surface area contributed by atoms with Gasteiger partial charge in [-0.2, -0.15) is 0 Å². The molecule has 0 aromatic heterocycles. The first-order chi connectivity index (χ1) is 9.61. The monoisotopic (exact) mass is 281 g/mol. The maximum Gasteiger partial charge on any atom is 0.0255 e. The minimum Gasteiger partial charge on any atom is -0.312 e. The molecule has 4 unspecified atom stereocenters. The Morgan fingerprint density at radius 1 is 1.15 bits per heavy atom. The van der Waals surface area contributed by atoms with Gasteiger partial charge >= 0.3 is 0 Å². The van der Waals surface area contributed by atoms with Crippen LogP contribution < -0.4 is 5.32 Å². The molecule has 4 atom stereocenters. The van der Waals surface area contributed by atoms with Crippen LogP contribution in [-0.4, -0.2) is 61.2 Å². The second kappa shape index (κ2) is 7.77. The highest BCUT2D eigenvalue weighted by Crippen LogP contribution is 2.30. The van der Waals surface area contributed by atoms with Gasteiger partial charge in [-0.1, -0.05) is 13.8 Å². The van der Waals surface area contributed by atoms with Crippen LogP contribution in [0.2, 0.25) is 0 Å². The van der Waals surface area contributed by atoms with E-state index in [9.17, 15) is 0 Å². The van der Waals surface area contributed by atoms with E-state index in [0.717, 1.165) is 18.0 Å². The normalized spacial score (nSPS) is 37.8. The Morgan fingerprint density at radius 3 is 2.70 bits per heavy atom. The van der Waals surface area contributed by atoms with Gasteiger partial charge in [-0.05, 0) is 65.1 Å². The minimum absolute atomic E-state index is 0.698. The molecule has 0 bridgehead atoms. The molecule has 1 aliphatic heterocycles. The van der Waals surface area contributed by atoms with Gasteiger partial charge in [0.05, 0.1) is 0 Å². The molecule has 0 amide bonds. The predicted octanol–water partition coefficient (Wildman–Crippen LogP) is 2.57. The molecule has 3 nitrogen and oxygen atoms in total. The van der Waals surface area contributed by atoms with E-state index < -0.39 is 0 Å². The van der Waals surface area contributed by atoms with Gasteiger partial charge in [0.25, 0.3) is 0 Å². The fraction of sp³-hybridized carbons (Fsp3) is 1.00. The molecule has 2 aliphatic rings. The highest BCUT2D eigenvalue weighted by Gasteiger charge is 2.35. The molecule has 1 saturated heterocycles. The summed E-state index contributed by atoms with van der Waals surface area (Å²) in [6, 6.07) is 2.17. The standard InChI is InChI=1S/C17H35N3/c1-5-9-18-16-8-7-14(2)12-17(16)20-11-6-10-19(4)13-15(20)3/h14-18H,5-13H2,1-4H3. The van der Waals surface area contributed by atoms with Crippen LogP contribution in [0.1, 0.15) is 52.9 Å². The number of nitrogens with one attached hydrogen (secondary N) is 1. The topological polar surface area (TPSA) is 18.5 Å². The van der Waals surface area contributed by atoms with Crippen LogP contribution in [0.15, 0.2) is 0 Å². The molecule has 1 heterocycles. The Morgan fingerprint density at radius 2 is 1.95 bits per heavy atom. The van der Waals surface area contributed by atoms with Crippen LogP contribution in [0.4, 0.5) is 0 Å². The number of likely N-dealkylation sites (N-methyl/N-ethyl adjacent to an activating group) is 1. The summed E-state index contributed by atoms with van der Waals surface area (Å²) in [6.07, 6.45) is 6.73. The molecule has 0 spiro atoms. The molecule has 2 fully saturated rings. The first kappa shape index (κ1) is 16.3. The Balaban J connectivity index is 2.03. The van der Waals surface area contributed by atoms with Crippen LogP contribution in [0.3, 0.4) is 0 Å². The molecule has 1 N–H and O–H groups in total. The lowest BCUT2D eigenvalue weighted by Crippen LogP contribution is -2.56. The lowest BCUT2D eigenvalue weighted by atomic mass is 9.82. The van der Waals surface area contributed by atoms with Gasteiger partial charge in [-0.3, -0.25) is 4.90 Å². The zero-order chi connectivity index (χ0) is 14.5. The summed E-state index contributed by atoms with van der Waals surface area (Å²) >= 11 is 0. The molecule has 1 aliphatic carbocycles. The lowest BCUT2D eigenvalue weighted by molar-refractivity contribution is 0.0705. The van der Waals surface area contributed by atoms with E-state index in [-0.39, 0.29) is 0 Å². The number of rotatable bonds is 4. The molecule has 0 radical (unpaired) electrons. The first-order valence-corrected chi connectivity index (χ1v) is 8.79. The third kappa shape index (κ3) is 4.19. The fourth-order valence-corrected chi connectivity index (χ4v) is 4.17. The Bertz CT molecular complexity index is 279. The molecular formula is C17H35N3. The quantitative estimate of drug-likeness (QED) is 0.854. The molecule has 2 rings (SSSR count). The SMILES string of the molecule is CCCNC1CCC(C)CC1N1CCCN(C)CC1C.